The number of rotatable bonds is 6. The van der Waals surface area contributed by atoms with Crippen molar-refractivity contribution in [1.82, 2.24) is 0 Å². The number of carbonyl (C=O) groups is 3. The first-order valence-electron chi connectivity index (χ1n) is 19.7. The summed E-state index contributed by atoms with van der Waals surface area (Å²) >= 11 is 0. The van der Waals surface area contributed by atoms with E-state index in [1.807, 2.05) is 50.2 Å². The van der Waals surface area contributed by atoms with Crippen molar-refractivity contribution in [2.75, 3.05) is 0 Å². The number of hydrogen-bond donors (Lipinski definition) is 2. The maximum absolute atomic E-state index is 13.9. The zero-order valence-electron chi connectivity index (χ0n) is 32.5. The summed E-state index contributed by atoms with van der Waals surface area (Å²) in [6.07, 6.45) is 7.77. The molecule has 0 aromatic heterocycles. The van der Waals surface area contributed by atoms with E-state index in [2.05, 4.69) is 40.7 Å². The standard InChI is InChI=1S/C46H58O7/c1-41(2)26-32-31-19-20-34-43(5)24-23-35(48)42(3,4)33(43)22-25-44(34,6)45(31,7)27-36(49)46(32,28-47)39(38(41)53-40(51)30-16-12-9-13-17-30)52-37(50)21-18-29-14-10-8-11-15-29/h8-19,21,28,32-36,38-39,48-49H,20,22-27H2,1-7H3/b21-18-/t32-,33-,34+,35-,36+,38-,39-,43-,44+,45+,46-/m0/s1. The van der Waals surface area contributed by atoms with Gasteiger partial charge in [0.1, 0.15) is 12.4 Å². The highest BCUT2D eigenvalue weighted by atomic mass is 16.6. The lowest BCUT2D eigenvalue weighted by Crippen LogP contribution is -2.72. The quantitative estimate of drug-likeness (QED) is 0.133. The van der Waals surface area contributed by atoms with Crippen molar-refractivity contribution in [3.63, 3.8) is 0 Å². The van der Waals surface area contributed by atoms with Gasteiger partial charge in [-0.15, -0.1) is 0 Å². The van der Waals surface area contributed by atoms with Crippen molar-refractivity contribution >= 4 is 24.3 Å². The lowest BCUT2D eigenvalue weighted by atomic mass is 9.33. The van der Waals surface area contributed by atoms with E-state index < -0.39 is 52.4 Å². The second kappa shape index (κ2) is 13.0. The molecule has 2 N–H and O–H groups in total. The third kappa shape index (κ3) is 5.61. The molecule has 5 aliphatic rings. The number of allylic oxidation sites excluding steroid dienone is 2. The zero-order valence-corrected chi connectivity index (χ0v) is 32.5. The van der Waals surface area contributed by atoms with Crippen LogP contribution in [0, 0.1) is 50.2 Å². The molecule has 11 atom stereocenters. The number of hydrogen-bond acceptors (Lipinski definition) is 7. The van der Waals surface area contributed by atoms with Gasteiger partial charge in [0.15, 0.2) is 6.10 Å². The number of carbonyl (C=O) groups excluding carboxylic acids is 3. The number of ether oxygens (including phenoxy) is 2. The van der Waals surface area contributed by atoms with Crippen molar-refractivity contribution in [3.8, 4) is 0 Å². The van der Waals surface area contributed by atoms with Crippen molar-refractivity contribution in [2.24, 2.45) is 50.2 Å². The van der Waals surface area contributed by atoms with E-state index in [4.69, 9.17) is 9.47 Å². The minimum absolute atomic E-state index is 0.0106. The van der Waals surface area contributed by atoms with Crippen LogP contribution in [0.1, 0.15) is 109 Å². The van der Waals surface area contributed by atoms with Gasteiger partial charge in [0.25, 0.3) is 0 Å². The molecule has 2 aromatic rings. The molecule has 53 heavy (non-hydrogen) atoms. The number of benzene rings is 2. The van der Waals surface area contributed by atoms with Crippen LogP contribution in [0.5, 0.6) is 0 Å². The fourth-order valence-corrected chi connectivity index (χ4v) is 12.7. The van der Waals surface area contributed by atoms with Gasteiger partial charge in [-0.2, -0.15) is 0 Å². The molecule has 0 saturated heterocycles. The van der Waals surface area contributed by atoms with Crippen LogP contribution in [-0.2, 0) is 19.1 Å². The van der Waals surface area contributed by atoms with Crippen LogP contribution >= 0.6 is 0 Å². The second-order valence-electron chi connectivity index (χ2n) is 19.0. The molecule has 4 saturated carbocycles. The summed E-state index contributed by atoms with van der Waals surface area (Å²) in [4.78, 5) is 41.4. The number of esters is 2. The van der Waals surface area contributed by atoms with Gasteiger partial charge in [0.05, 0.1) is 23.2 Å². The number of aliphatic hydroxyl groups is 2. The molecule has 284 valence electrons. The molecule has 7 nitrogen and oxygen atoms in total. The highest BCUT2D eigenvalue weighted by Crippen LogP contribution is 2.75. The van der Waals surface area contributed by atoms with Crippen molar-refractivity contribution in [2.45, 2.75) is 118 Å². The molecule has 0 amide bonds. The van der Waals surface area contributed by atoms with Gasteiger partial charge < -0.3 is 24.5 Å². The van der Waals surface area contributed by atoms with Gasteiger partial charge in [0.2, 0.25) is 0 Å². The van der Waals surface area contributed by atoms with Crippen molar-refractivity contribution in [3.05, 3.63) is 89.5 Å². The molecule has 2 aromatic carbocycles. The maximum Gasteiger partial charge on any atom is 0.338 e. The van der Waals surface area contributed by atoms with Gasteiger partial charge in [-0.05, 0) is 108 Å². The van der Waals surface area contributed by atoms with Crippen LogP contribution in [0.3, 0.4) is 0 Å². The van der Waals surface area contributed by atoms with E-state index >= 15 is 0 Å². The number of fused-ring (bicyclic) bond motifs is 7. The summed E-state index contributed by atoms with van der Waals surface area (Å²) in [6, 6.07) is 18.1. The number of aliphatic hydroxyl groups excluding tert-OH is 2. The molecule has 7 rings (SSSR count). The molecular weight excluding hydrogens is 664 g/mol. The van der Waals surface area contributed by atoms with E-state index in [-0.39, 0.29) is 22.3 Å². The minimum atomic E-state index is -1.54. The van der Waals surface area contributed by atoms with E-state index in [1.54, 1.807) is 30.3 Å². The van der Waals surface area contributed by atoms with Crippen LogP contribution in [0.4, 0.5) is 0 Å². The Balaban J connectivity index is 1.31. The molecule has 0 unspecified atom stereocenters. The van der Waals surface area contributed by atoms with Crippen LogP contribution in [-0.4, -0.2) is 52.9 Å². The molecule has 0 spiro atoms. The molecular formula is C46H58O7. The highest BCUT2D eigenvalue weighted by Gasteiger charge is 2.73. The van der Waals surface area contributed by atoms with E-state index in [0.29, 0.717) is 30.2 Å². The molecule has 5 aliphatic carbocycles. The Labute approximate surface area is 315 Å². The fourth-order valence-electron chi connectivity index (χ4n) is 12.7. The van der Waals surface area contributed by atoms with Gasteiger partial charge in [-0.25, -0.2) is 9.59 Å². The van der Waals surface area contributed by atoms with E-state index in [1.165, 1.54) is 6.08 Å². The van der Waals surface area contributed by atoms with Crippen LogP contribution in [0.2, 0.25) is 0 Å². The van der Waals surface area contributed by atoms with Crippen LogP contribution in [0.15, 0.2) is 78.4 Å². The zero-order chi connectivity index (χ0) is 38.2. The molecule has 0 aliphatic heterocycles. The first kappa shape index (κ1) is 37.8. The monoisotopic (exact) mass is 722 g/mol. The predicted molar refractivity (Wildman–Crippen MR) is 204 cm³/mol. The largest absolute Gasteiger partial charge is 0.454 e. The summed E-state index contributed by atoms with van der Waals surface area (Å²) in [7, 11) is 0. The molecule has 7 heteroatoms. The van der Waals surface area contributed by atoms with Gasteiger partial charge >= 0.3 is 11.9 Å². The Morgan fingerprint density at radius 1 is 0.774 bits per heavy atom. The van der Waals surface area contributed by atoms with Gasteiger partial charge in [-0.1, -0.05) is 109 Å². The number of aldehydes is 1. The fraction of sp³-hybridized carbons (Fsp3) is 0.587. The Bertz CT molecular complexity index is 1800. The minimum Gasteiger partial charge on any atom is -0.454 e. The molecule has 0 radical (unpaired) electrons. The Morgan fingerprint density at radius 2 is 1.43 bits per heavy atom. The highest BCUT2D eigenvalue weighted by molar-refractivity contribution is 5.90. The summed E-state index contributed by atoms with van der Waals surface area (Å²) < 4.78 is 12.7. The normalized spacial score (nSPS) is 41.1. The van der Waals surface area contributed by atoms with E-state index in [0.717, 1.165) is 49.5 Å². The van der Waals surface area contributed by atoms with Crippen LogP contribution in [0.25, 0.3) is 6.08 Å². The van der Waals surface area contributed by atoms with Crippen molar-refractivity contribution < 1.29 is 34.1 Å². The summed E-state index contributed by atoms with van der Waals surface area (Å²) in [5, 5.41) is 23.8. The average molecular weight is 723 g/mol. The molecule has 4 fully saturated rings. The summed E-state index contributed by atoms with van der Waals surface area (Å²) in [5.41, 5.74) is -0.750. The molecule has 0 bridgehead atoms. The Hall–Kier alpha value is -3.55. The average Bonchev–Trinajstić information content (AvgIpc) is 3.11. The Morgan fingerprint density at radius 3 is 2.09 bits per heavy atom. The predicted octanol–water partition coefficient (Wildman–Crippen LogP) is 8.39. The van der Waals surface area contributed by atoms with Crippen LogP contribution < -0.4 is 0 Å². The summed E-state index contributed by atoms with van der Waals surface area (Å²) in [6.45, 7) is 15.6. The first-order valence-corrected chi connectivity index (χ1v) is 19.7. The van der Waals surface area contributed by atoms with Crippen molar-refractivity contribution in [1.29, 1.82) is 0 Å². The lowest BCUT2D eigenvalue weighted by molar-refractivity contribution is -0.243. The third-order valence-electron chi connectivity index (χ3n) is 15.8. The van der Waals surface area contributed by atoms with E-state index in [9.17, 15) is 24.6 Å². The van der Waals surface area contributed by atoms with Gasteiger partial charge in [0, 0.05) is 11.5 Å². The second-order valence-corrected chi connectivity index (χ2v) is 19.0. The Kier molecular flexibility index (Phi) is 9.29. The smallest absolute Gasteiger partial charge is 0.338 e. The SMILES string of the molecule is CC1(C)C[C@H]2C3=CC[C@@H]4[C@@]5(C)CC[C@H](O)C(C)(C)[C@@H]5CC[C@@]4(C)[C@]3(C)C[C@@H](O)[C@@]2(C=O)[C@@H](OC(=O)/C=C\c2ccccc2)[C@@H]1OC(=O)c1ccccc1. The topological polar surface area (TPSA) is 110 Å². The first-order chi connectivity index (χ1) is 25.0. The summed E-state index contributed by atoms with van der Waals surface area (Å²) in [5.74, 6) is -0.982. The maximum atomic E-state index is 13.9. The lowest BCUT2D eigenvalue weighted by Gasteiger charge is -2.72. The third-order valence-corrected chi connectivity index (χ3v) is 15.8. The van der Waals surface area contributed by atoms with Gasteiger partial charge in [-0.3, -0.25) is 0 Å². The molecule has 0 heterocycles.